The van der Waals surface area contributed by atoms with Crippen LogP contribution in [0, 0.1) is 12.8 Å². The molecule has 1 saturated carbocycles. The van der Waals surface area contributed by atoms with Crippen molar-refractivity contribution in [2.75, 3.05) is 52.6 Å². The fourth-order valence-corrected chi connectivity index (χ4v) is 4.50. The molecule has 2 N–H and O–H groups in total. The highest BCUT2D eigenvalue weighted by Crippen LogP contribution is 2.25. The smallest absolute Gasteiger partial charge is 0.257 e. The number of amidine groups is 1. The Morgan fingerprint density at radius 2 is 1.94 bits per heavy atom. The van der Waals surface area contributed by atoms with Crippen molar-refractivity contribution in [3.63, 3.8) is 0 Å². The van der Waals surface area contributed by atoms with E-state index in [-0.39, 0.29) is 12.5 Å². The normalized spacial score (nSPS) is 19.7. The van der Waals surface area contributed by atoms with Crippen molar-refractivity contribution < 1.29 is 9.59 Å². The molecule has 0 unspecified atom stereocenters. The largest absolute Gasteiger partial charge is 0.361 e. The minimum atomic E-state index is -0.119. The topological polar surface area (TPSA) is 92.9 Å². The Kier molecular flexibility index (Phi) is 9.97. The fraction of sp³-hybridized carbons (Fsp3) is 0.600. The van der Waals surface area contributed by atoms with E-state index in [1.807, 2.05) is 33.2 Å². The minimum absolute atomic E-state index is 0.119. The number of nitrogens with one attached hydrogen (secondary N) is 2. The zero-order chi connectivity index (χ0) is 25.4. The maximum atomic E-state index is 11.9. The number of pyridine rings is 1. The Bertz CT molecular complexity index is 940. The number of carbonyl (C=O) groups excluding carboxylic acids is 2. The molecule has 0 spiro atoms. The lowest BCUT2D eigenvalue weighted by Crippen LogP contribution is -2.34. The van der Waals surface area contributed by atoms with Crippen LogP contribution in [0.1, 0.15) is 44.1 Å². The third kappa shape index (κ3) is 8.85. The first-order chi connectivity index (χ1) is 16.7. The Hall–Kier alpha value is -2.59. The van der Waals surface area contributed by atoms with Crippen molar-refractivity contribution in [1.82, 2.24) is 25.2 Å². The molecule has 1 aromatic heterocycles. The SMILES string of the molecule is CN(C)C(=O)C1CCCCC1.Cc1ccc(NCC(=O)NN2CC2=NC2=C(S)CN(C)CC2)nc1. The van der Waals surface area contributed by atoms with Crippen LogP contribution in [-0.4, -0.2) is 84.8 Å². The van der Waals surface area contributed by atoms with Crippen LogP contribution in [0.25, 0.3) is 0 Å². The molecule has 0 aromatic carbocycles. The van der Waals surface area contributed by atoms with Gasteiger partial charge < -0.3 is 15.1 Å². The summed E-state index contributed by atoms with van der Waals surface area (Å²) in [6.07, 6.45) is 8.67. The summed E-state index contributed by atoms with van der Waals surface area (Å²) >= 11 is 4.51. The summed E-state index contributed by atoms with van der Waals surface area (Å²) in [4.78, 5) is 37.1. The number of hydrogen-bond acceptors (Lipinski definition) is 7. The highest BCUT2D eigenvalue weighted by Gasteiger charge is 2.30. The number of amides is 2. The Balaban J connectivity index is 0.000000261. The number of nitrogens with zero attached hydrogens (tertiary/aromatic N) is 5. The second-order valence-corrected chi connectivity index (χ2v) is 10.2. The predicted molar refractivity (Wildman–Crippen MR) is 143 cm³/mol. The van der Waals surface area contributed by atoms with Crippen LogP contribution in [0.15, 0.2) is 33.9 Å². The molecule has 192 valence electrons. The molecule has 2 amide bonds. The number of anilines is 1. The molecule has 1 saturated heterocycles. The average Bonchev–Trinajstić information content (AvgIpc) is 3.57. The van der Waals surface area contributed by atoms with E-state index in [0.717, 1.165) is 54.4 Å². The van der Waals surface area contributed by atoms with Gasteiger partial charge in [-0.25, -0.2) is 9.98 Å². The number of aryl methyl sites for hydroxylation is 1. The van der Waals surface area contributed by atoms with Crippen molar-refractivity contribution in [2.45, 2.75) is 45.4 Å². The van der Waals surface area contributed by atoms with Crippen LogP contribution in [-0.2, 0) is 9.59 Å². The van der Waals surface area contributed by atoms with E-state index in [4.69, 9.17) is 0 Å². The number of thiol groups is 1. The van der Waals surface area contributed by atoms with E-state index in [0.29, 0.717) is 24.2 Å². The Labute approximate surface area is 214 Å². The third-order valence-electron chi connectivity index (χ3n) is 6.25. The van der Waals surface area contributed by atoms with Crippen LogP contribution in [0.2, 0.25) is 0 Å². The van der Waals surface area contributed by atoms with Crippen molar-refractivity contribution in [3.8, 4) is 0 Å². The molecule has 3 aliphatic rings. The summed E-state index contributed by atoms with van der Waals surface area (Å²) in [5.74, 6) is 2.10. The predicted octanol–water partition coefficient (Wildman–Crippen LogP) is 2.68. The molecule has 10 heteroatoms. The van der Waals surface area contributed by atoms with Crippen LogP contribution < -0.4 is 10.7 Å². The quantitative estimate of drug-likeness (QED) is 0.410. The third-order valence-corrected chi connectivity index (χ3v) is 6.65. The first-order valence-corrected chi connectivity index (χ1v) is 12.8. The number of hydrogen-bond donors (Lipinski definition) is 3. The molecular formula is C25H39N7O2S. The molecule has 0 bridgehead atoms. The van der Waals surface area contributed by atoms with Crippen molar-refractivity contribution >= 4 is 36.1 Å². The van der Waals surface area contributed by atoms with Gasteiger partial charge in [-0.15, -0.1) is 12.6 Å². The van der Waals surface area contributed by atoms with Gasteiger partial charge in [0, 0.05) is 50.6 Å². The van der Waals surface area contributed by atoms with Crippen LogP contribution >= 0.6 is 12.6 Å². The highest BCUT2D eigenvalue weighted by atomic mass is 32.1. The van der Waals surface area contributed by atoms with Crippen molar-refractivity contribution in [1.29, 1.82) is 0 Å². The first kappa shape index (κ1) is 27.0. The number of likely N-dealkylation sites (N-methyl/N-ethyl adjacent to an activating group) is 1. The second kappa shape index (κ2) is 12.9. The molecule has 0 atom stereocenters. The number of hydrazine groups is 1. The zero-order valence-corrected chi connectivity index (χ0v) is 22.3. The van der Waals surface area contributed by atoms with E-state index in [2.05, 4.69) is 45.3 Å². The highest BCUT2D eigenvalue weighted by molar-refractivity contribution is 7.84. The fourth-order valence-electron chi connectivity index (χ4n) is 4.10. The zero-order valence-electron chi connectivity index (χ0n) is 21.4. The molecule has 3 heterocycles. The molecule has 1 aliphatic carbocycles. The van der Waals surface area contributed by atoms with Crippen molar-refractivity contribution in [2.24, 2.45) is 10.9 Å². The maximum absolute atomic E-state index is 11.9. The van der Waals surface area contributed by atoms with Crippen LogP contribution in [0.5, 0.6) is 0 Å². The van der Waals surface area contributed by atoms with Crippen molar-refractivity contribution in [3.05, 3.63) is 34.5 Å². The maximum Gasteiger partial charge on any atom is 0.257 e. The standard InChI is InChI=1S/C16H22N6OS.C9H17NO/c1-11-3-4-14(17-7-11)18-8-16(23)20-22-10-15(22)19-12-5-6-21(2)9-13(12)24;1-10(2)9(11)8-6-4-3-5-7-8/h3-4,7,24H,5-6,8-10H2,1-2H3,(H,17,18)(H,20,23);8H,3-7H2,1-2H3. The molecule has 4 rings (SSSR count). The van der Waals surface area contributed by atoms with Gasteiger partial charge in [0.25, 0.3) is 5.91 Å². The van der Waals surface area contributed by atoms with Gasteiger partial charge in [-0.05, 0) is 38.4 Å². The molecule has 0 radical (unpaired) electrons. The summed E-state index contributed by atoms with van der Waals surface area (Å²) in [5, 5.41) is 4.75. The van der Waals surface area contributed by atoms with E-state index in [9.17, 15) is 9.59 Å². The molecule has 35 heavy (non-hydrogen) atoms. The average molecular weight is 502 g/mol. The van der Waals surface area contributed by atoms with Gasteiger partial charge >= 0.3 is 0 Å². The lowest BCUT2D eigenvalue weighted by atomic mass is 9.88. The number of aromatic nitrogens is 1. The summed E-state index contributed by atoms with van der Waals surface area (Å²) in [6, 6.07) is 3.81. The van der Waals surface area contributed by atoms with Gasteiger partial charge in [0.15, 0.2) is 0 Å². The molecule has 1 aromatic rings. The summed E-state index contributed by atoms with van der Waals surface area (Å²) in [6.45, 7) is 4.62. The van der Waals surface area contributed by atoms with Crippen LogP contribution in [0.3, 0.4) is 0 Å². The first-order valence-electron chi connectivity index (χ1n) is 12.3. The summed E-state index contributed by atoms with van der Waals surface area (Å²) < 4.78 is 0. The van der Waals surface area contributed by atoms with E-state index >= 15 is 0 Å². The monoisotopic (exact) mass is 501 g/mol. The second-order valence-electron chi connectivity index (χ2n) is 9.67. The van der Waals surface area contributed by atoms with Gasteiger partial charge in [-0.1, -0.05) is 25.3 Å². The number of aliphatic imine (C=N–C) groups is 1. The molecular weight excluding hydrogens is 462 g/mol. The van der Waals surface area contributed by atoms with E-state index in [1.165, 1.54) is 19.3 Å². The van der Waals surface area contributed by atoms with Gasteiger partial charge in [0.2, 0.25) is 5.91 Å². The van der Waals surface area contributed by atoms with Gasteiger partial charge in [0.05, 0.1) is 12.2 Å². The van der Waals surface area contributed by atoms with Crippen LogP contribution in [0.4, 0.5) is 5.82 Å². The molecule has 2 fully saturated rings. The lowest BCUT2D eigenvalue weighted by molar-refractivity contribution is -0.133. The lowest BCUT2D eigenvalue weighted by Gasteiger charge is -2.23. The van der Waals surface area contributed by atoms with E-state index < -0.39 is 0 Å². The Morgan fingerprint density at radius 3 is 2.57 bits per heavy atom. The molecule has 9 nitrogen and oxygen atoms in total. The summed E-state index contributed by atoms with van der Waals surface area (Å²) in [5.41, 5.74) is 4.92. The number of rotatable bonds is 6. The minimum Gasteiger partial charge on any atom is -0.361 e. The van der Waals surface area contributed by atoms with Gasteiger partial charge in [-0.3, -0.25) is 20.0 Å². The Morgan fingerprint density at radius 1 is 1.20 bits per heavy atom. The number of carbonyl (C=O) groups is 2. The van der Waals surface area contributed by atoms with E-state index in [1.54, 1.807) is 16.1 Å². The molecule has 2 aliphatic heterocycles. The van der Waals surface area contributed by atoms with Gasteiger partial charge in [0.1, 0.15) is 18.2 Å². The summed E-state index contributed by atoms with van der Waals surface area (Å²) in [7, 11) is 5.76. The van der Waals surface area contributed by atoms with Gasteiger partial charge in [-0.2, -0.15) is 0 Å².